The molecule has 0 aliphatic rings. The van der Waals surface area contributed by atoms with Gasteiger partial charge in [-0.05, 0) is 17.7 Å². The van der Waals surface area contributed by atoms with E-state index in [2.05, 4.69) is 15.3 Å². The molecule has 0 saturated heterocycles. The van der Waals surface area contributed by atoms with Crippen LogP contribution in [0.5, 0.6) is 0 Å². The molecule has 0 saturated carbocycles. The van der Waals surface area contributed by atoms with Crippen LogP contribution in [-0.2, 0) is 5.75 Å². The van der Waals surface area contributed by atoms with Crippen LogP contribution in [0.2, 0.25) is 5.02 Å². The summed E-state index contributed by atoms with van der Waals surface area (Å²) in [5, 5.41) is 14.7. The molecule has 0 fully saturated rings. The lowest BCUT2D eigenvalue weighted by Crippen LogP contribution is -2.01. The highest BCUT2D eigenvalue weighted by molar-refractivity contribution is 7.98. The van der Waals surface area contributed by atoms with Crippen molar-refractivity contribution in [2.75, 3.05) is 12.4 Å². The molecule has 1 N–H and O–H groups in total. The van der Waals surface area contributed by atoms with E-state index in [1.165, 1.54) is 18.0 Å². The summed E-state index contributed by atoms with van der Waals surface area (Å²) in [6.07, 6.45) is 1.21. The maximum atomic E-state index is 11.0. The largest absolute Gasteiger partial charge is 0.357 e. The molecule has 20 heavy (non-hydrogen) atoms. The lowest BCUT2D eigenvalue weighted by Gasteiger charge is -2.04. The van der Waals surface area contributed by atoms with Gasteiger partial charge in [-0.15, -0.1) is 0 Å². The van der Waals surface area contributed by atoms with Crippen LogP contribution in [-0.4, -0.2) is 21.9 Å². The average molecular weight is 311 g/mol. The summed E-state index contributed by atoms with van der Waals surface area (Å²) in [5.41, 5.74) is 0.918. The Morgan fingerprint density at radius 3 is 2.70 bits per heavy atom. The van der Waals surface area contributed by atoms with Gasteiger partial charge in [0.25, 0.3) is 0 Å². The first-order chi connectivity index (χ1) is 9.60. The van der Waals surface area contributed by atoms with E-state index in [0.29, 0.717) is 21.7 Å². The Morgan fingerprint density at radius 1 is 1.40 bits per heavy atom. The molecule has 0 aliphatic heterocycles. The predicted octanol–water partition coefficient (Wildman–Crippen LogP) is 3.37. The zero-order valence-corrected chi connectivity index (χ0v) is 12.1. The van der Waals surface area contributed by atoms with Crippen LogP contribution in [0.25, 0.3) is 0 Å². The second-order valence-corrected chi connectivity index (χ2v) is 5.21. The molecule has 104 valence electrons. The first-order valence-corrected chi connectivity index (χ1v) is 7.03. The zero-order chi connectivity index (χ0) is 14.5. The van der Waals surface area contributed by atoms with Crippen LogP contribution in [0.15, 0.2) is 35.5 Å². The van der Waals surface area contributed by atoms with Crippen LogP contribution in [0.3, 0.4) is 0 Å². The highest BCUT2D eigenvalue weighted by atomic mass is 35.5. The van der Waals surface area contributed by atoms with Gasteiger partial charge in [0, 0.05) is 17.8 Å². The van der Waals surface area contributed by atoms with E-state index >= 15 is 0 Å². The van der Waals surface area contributed by atoms with Gasteiger partial charge in [0.15, 0.2) is 5.03 Å². The summed E-state index contributed by atoms with van der Waals surface area (Å²) in [4.78, 5) is 18.4. The van der Waals surface area contributed by atoms with Gasteiger partial charge in [0.2, 0.25) is 5.95 Å². The van der Waals surface area contributed by atoms with E-state index in [0.717, 1.165) is 5.56 Å². The molecule has 2 rings (SSSR count). The number of hydrogen-bond donors (Lipinski definition) is 1. The molecule has 0 amide bonds. The summed E-state index contributed by atoms with van der Waals surface area (Å²) in [7, 11) is 1.66. The first-order valence-electron chi connectivity index (χ1n) is 5.66. The summed E-state index contributed by atoms with van der Waals surface area (Å²) in [5.74, 6) is 0.923. The number of thioether (sulfide) groups is 1. The fourth-order valence-electron chi connectivity index (χ4n) is 1.44. The lowest BCUT2D eigenvalue weighted by atomic mass is 10.2. The van der Waals surface area contributed by atoms with Gasteiger partial charge in [-0.2, -0.15) is 4.98 Å². The van der Waals surface area contributed by atoms with Crippen molar-refractivity contribution in [2.24, 2.45) is 0 Å². The quantitative estimate of drug-likeness (QED) is 0.394. The van der Waals surface area contributed by atoms with Gasteiger partial charge in [0.1, 0.15) is 6.20 Å². The molecule has 0 radical (unpaired) electrons. The van der Waals surface area contributed by atoms with Gasteiger partial charge in [-0.3, -0.25) is 10.1 Å². The number of nitro groups is 1. The Bertz CT molecular complexity index is 621. The molecule has 8 heteroatoms. The number of rotatable bonds is 5. The van der Waals surface area contributed by atoms with Crippen molar-refractivity contribution >= 4 is 35.0 Å². The molecular weight excluding hydrogens is 300 g/mol. The minimum absolute atomic E-state index is 0.0945. The molecular formula is C12H11ClN4O2S. The van der Waals surface area contributed by atoms with E-state index in [1.54, 1.807) is 19.2 Å². The van der Waals surface area contributed by atoms with Crippen LogP contribution < -0.4 is 5.32 Å². The van der Waals surface area contributed by atoms with Gasteiger partial charge in [-0.25, -0.2) is 4.98 Å². The number of aromatic nitrogens is 2. The number of anilines is 1. The first kappa shape index (κ1) is 14.5. The van der Waals surface area contributed by atoms with Crippen molar-refractivity contribution in [3.8, 4) is 0 Å². The maximum Gasteiger partial charge on any atom is 0.319 e. The Morgan fingerprint density at radius 2 is 2.10 bits per heavy atom. The molecule has 1 heterocycles. The third kappa shape index (κ3) is 3.58. The van der Waals surface area contributed by atoms with Crippen molar-refractivity contribution in [3.63, 3.8) is 0 Å². The molecule has 0 aliphatic carbocycles. The number of hydrogen-bond acceptors (Lipinski definition) is 6. The van der Waals surface area contributed by atoms with Crippen molar-refractivity contribution in [3.05, 3.63) is 51.2 Å². The minimum Gasteiger partial charge on any atom is -0.357 e. The third-order valence-corrected chi connectivity index (χ3v) is 3.75. The number of halogens is 1. The van der Waals surface area contributed by atoms with Crippen LogP contribution in [0.1, 0.15) is 5.56 Å². The number of benzene rings is 1. The number of nitrogens with zero attached hydrogens (tertiary/aromatic N) is 3. The Labute approximate surface area is 124 Å². The summed E-state index contributed by atoms with van der Waals surface area (Å²) >= 11 is 7.10. The summed E-state index contributed by atoms with van der Waals surface area (Å²) in [6, 6.07) is 7.32. The van der Waals surface area contributed by atoms with Crippen molar-refractivity contribution in [1.82, 2.24) is 9.97 Å². The highest BCUT2D eigenvalue weighted by Gasteiger charge is 2.17. The molecule has 0 bridgehead atoms. The average Bonchev–Trinajstić information content (AvgIpc) is 2.46. The Hall–Kier alpha value is -1.86. The molecule has 0 atom stereocenters. The summed E-state index contributed by atoms with van der Waals surface area (Å²) < 4.78 is 0. The third-order valence-electron chi connectivity index (χ3n) is 2.44. The van der Waals surface area contributed by atoms with E-state index in [4.69, 9.17) is 11.6 Å². The molecule has 2 aromatic rings. The normalized spacial score (nSPS) is 10.3. The smallest absolute Gasteiger partial charge is 0.319 e. The SMILES string of the molecule is CNc1ncc([N+](=O)[O-])c(SCc2ccc(Cl)cc2)n1. The fourth-order valence-corrected chi connectivity index (χ4v) is 2.49. The Balaban J connectivity index is 2.18. The second kappa shape index (κ2) is 6.53. The van der Waals surface area contributed by atoms with Crippen molar-refractivity contribution < 1.29 is 4.92 Å². The van der Waals surface area contributed by atoms with Gasteiger partial charge < -0.3 is 5.32 Å². The van der Waals surface area contributed by atoms with Crippen molar-refractivity contribution in [1.29, 1.82) is 0 Å². The lowest BCUT2D eigenvalue weighted by molar-refractivity contribution is -0.388. The van der Waals surface area contributed by atoms with E-state index in [9.17, 15) is 10.1 Å². The predicted molar refractivity (Wildman–Crippen MR) is 79.2 cm³/mol. The topological polar surface area (TPSA) is 81.0 Å². The van der Waals surface area contributed by atoms with E-state index in [1.807, 2.05) is 12.1 Å². The Kier molecular flexibility index (Phi) is 4.75. The molecule has 1 aromatic heterocycles. The second-order valence-electron chi connectivity index (χ2n) is 3.81. The maximum absolute atomic E-state index is 11.0. The van der Waals surface area contributed by atoms with Crippen molar-refractivity contribution in [2.45, 2.75) is 10.8 Å². The van der Waals surface area contributed by atoms with E-state index in [-0.39, 0.29) is 5.69 Å². The van der Waals surface area contributed by atoms with E-state index < -0.39 is 4.92 Å². The molecule has 0 unspecified atom stereocenters. The highest BCUT2D eigenvalue weighted by Crippen LogP contribution is 2.30. The van der Waals surface area contributed by atoms with Gasteiger partial charge >= 0.3 is 5.69 Å². The van der Waals surface area contributed by atoms with Gasteiger partial charge in [-0.1, -0.05) is 35.5 Å². The monoisotopic (exact) mass is 310 g/mol. The van der Waals surface area contributed by atoms with Gasteiger partial charge in [0.05, 0.1) is 4.92 Å². The summed E-state index contributed by atoms with van der Waals surface area (Å²) in [6.45, 7) is 0. The fraction of sp³-hybridized carbons (Fsp3) is 0.167. The standard InChI is InChI=1S/C12H11ClN4O2S/c1-14-12-15-6-10(17(18)19)11(16-12)20-7-8-2-4-9(13)5-3-8/h2-6H,7H2,1H3,(H,14,15,16). The molecule has 1 aromatic carbocycles. The van der Waals surface area contributed by atoms with Crippen LogP contribution in [0, 0.1) is 10.1 Å². The molecule has 6 nitrogen and oxygen atoms in total. The van der Waals surface area contributed by atoms with Crippen LogP contribution >= 0.6 is 23.4 Å². The number of nitrogens with one attached hydrogen (secondary N) is 1. The molecule has 0 spiro atoms. The van der Waals surface area contributed by atoms with Crippen LogP contribution in [0.4, 0.5) is 11.6 Å². The minimum atomic E-state index is -0.483. The zero-order valence-electron chi connectivity index (χ0n) is 10.5.